The van der Waals surface area contributed by atoms with Gasteiger partial charge in [-0.1, -0.05) is 12.1 Å². The highest BCUT2D eigenvalue weighted by atomic mass is 35.5. The summed E-state index contributed by atoms with van der Waals surface area (Å²) in [5.74, 6) is 0.413. The zero-order valence-corrected chi connectivity index (χ0v) is 15.6. The summed E-state index contributed by atoms with van der Waals surface area (Å²) in [6.07, 6.45) is 0. The van der Waals surface area contributed by atoms with Crippen LogP contribution < -0.4 is 16.8 Å². The fourth-order valence-electron chi connectivity index (χ4n) is 3.11. The van der Waals surface area contributed by atoms with E-state index in [0.29, 0.717) is 16.7 Å². The van der Waals surface area contributed by atoms with Crippen LogP contribution in [0.3, 0.4) is 0 Å². The molecule has 0 aliphatic rings. The Morgan fingerprint density at radius 3 is 2.37 bits per heavy atom. The highest BCUT2D eigenvalue weighted by Gasteiger charge is 2.19. The molecule has 0 saturated carbocycles. The van der Waals surface area contributed by atoms with Crippen LogP contribution in [0.25, 0.3) is 22.1 Å². The minimum absolute atomic E-state index is 0.0331. The number of nitrogens with zero attached hydrogens (tertiary/aromatic N) is 6. The second-order valence-corrected chi connectivity index (χ2v) is 6.59. The summed E-state index contributed by atoms with van der Waals surface area (Å²) in [5, 5.41) is 0.536. The molecule has 0 amide bonds. The van der Waals surface area contributed by atoms with Crippen LogP contribution in [0.5, 0.6) is 0 Å². The Bertz CT molecular complexity index is 1410. The minimum atomic E-state index is -0.515. The fraction of sp³-hybridized carbons (Fsp3) is 0.235. The van der Waals surface area contributed by atoms with E-state index >= 15 is 0 Å². The smallest absolute Gasteiger partial charge is 0.301 e. The molecule has 27 heavy (non-hydrogen) atoms. The zero-order valence-electron chi connectivity index (χ0n) is 14.8. The molecule has 4 rings (SSSR count). The third-order valence-corrected chi connectivity index (χ3v) is 4.97. The van der Waals surface area contributed by atoms with Crippen molar-refractivity contribution < 1.29 is 0 Å². The van der Waals surface area contributed by atoms with Crippen LogP contribution in [-0.2, 0) is 27.7 Å². The van der Waals surface area contributed by atoms with Crippen molar-refractivity contribution in [1.29, 1.82) is 0 Å². The number of hydrogen-bond acceptors (Lipinski definition) is 5. The molecule has 4 aromatic rings. The van der Waals surface area contributed by atoms with Crippen LogP contribution in [0.15, 0.2) is 38.6 Å². The first-order chi connectivity index (χ1) is 12.8. The average molecular weight is 387 g/mol. The molecule has 0 N–H and O–H groups in total. The largest absolute Gasteiger partial charge is 0.332 e. The van der Waals surface area contributed by atoms with Gasteiger partial charge in [0.1, 0.15) is 5.82 Å². The number of aryl methyl sites for hydroxylation is 1. The molecule has 0 saturated heterocycles. The summed E-state index contributed by atoms with van der Waals surface area (Å²) in [7, 11) is 4.51. The van der Waals surface area contributed by atoms with Crippen molar-refractivity contribution in [3.63, 3.8) is 0 Å². The summed E-state index contributed by atoms with van der Waals surface area (Å²) < 4.78 is 5.11. The second kappa shape index (κ2) is 5.92. The van der Waals surface area contributed by atoms with Gasteiger partial charge < -0.3 is 4.57 Å². The van der Waals surface area contributed by atoms with Crippen molar-refractivity contribution >= 4 is 33.7 Å². The highest BCUT2D eigenvalue weighted by Crippen LogP contribution is 2.17. The van der Waals surface area contributed by atoms with Gasteiger partial charge in [-0.25, -0.2) is 9.78 Å². The number of fused-ring (bicyclic) bond motifs is 2. The molecule has 0 fully saturated rings. The normalized spacial score (nSPS) is 11.6. The van der Waals surface area contributed by atoms with Gasteiger partial charge in [0.2, 0.25) is 5.28 Å². The van der Waals surface area contributed by atoms with E-state index in [1.54, 1.807) is 31.3 Å². The third kappa shape index (κ3) is 2.42. The van der Waals surface area contributed by atoms with Gasteiger partial charge in [0, 0.05) is 21.1 Å². The van der Waals surface area contributed by atoms with E-state index in [1.807, 2.05) is 0 Å². The van der Waals surface area contributed by atoms with E-state index in [1.165, 1.54) is 27.8 Å². The quantitative estimate of drug-likeness (QED) is 0.464. The van der Waals surface area contributed by atoms with Gasteiger partial charge in [-0.2, -0.15) is 4.98 Å². The molecule has 9 nitrogen and oxygen atoms in total. The van der Waals surface area contributed by atoms with Gasteiger partial charge >= 0.3 is 5.69 Å². The first kappa shape index (κ1) is 17.2. The van der Waals surface area contributed by atoms with Gasteiger partial charge in [-0.15, -0.1) is 0 Å². The number of rotatable bonds is 2. The van der Waals surface area contributed by atoms with Crippen molar-refractivity contribution in [2.75, 3.05) is 0 Å². The second-order valence-electron chi connectivity index (χ2n) is 6.25. The SMILES string of the molecule is Cn1c(Cn2c(Cl)nc3c2c(=O)n(C)c(=O)n3C)nc2ccccc2c1=O. The molecule has 0 bridgehead atoms. The summed E-state index contributed by atoms with van der Waals surface area (Å²) in [4.78, 5) is 46.0. The first-order valence-electron chi connectivity index (χ1n) is 8.07. The van der Waals surface area contributed by atoms with E-state index in [4.69, 9.17) is 11.6 Å². The van der Waals surface area contributed by atoms with E-state index in [9.17, 15) is 14.4 Å². The fourth-order valence-corrected chi connectivity index (χ4v) is 3.34. The number of imidazole rings is 1. The molecular formula is C17H15ClN6O3. The standard InChI is InChI=1S/C17H15ClN6O3/c1-21-11(19-10-7-5-4-6-9(10)14(21)25)8-24-12-13(20-16(24)18)22(2)17(27)23(3)15(12)26/h4-7H,8H2,1-3H3. The maximum Gasteiger partial charge on any atom is 0.332 e. The van der Waals surface area contributed by atoms with Crippen molar-refractivity contribution in [1.82, 2.24) is 28.2 Å². The molecule has 138 valence electrons. The molecule has 0 aliphatic carbocycles. The average Bonchev–Trinajstić information content (AvgIpc) is 2.99. The first-order valence-corrected chi connectivity index (χ1v) is 8.45. The third-order valence-electron chi connectivity index (χ3n) is 4.68. The van der Waals surface area contributed by atoms with E-state index in [2.05, 4.69) is 9.97 Å². The van der Waals surface area contributed by atoms with Crippen LogP contribution in [0.4, 0.5) is 0 Å². The molecule has 3 heterocycles. The van der Waals surface area contributed by atoms with Gasteiger partial charge in [-0.05, 0) is 23.7 Å². The van der Waals surface area contributed by atoms with Gasteiger partial charge in [-0.3, -0.25) is 23.3 Å². The monoisotopic (exact) mass is 386 g/mol. The van der Waals surface area contributed by atoms with Gasteiger partial charge in [0.25, 0.3) is 11.1 Å². The number of para-hydroxylation sites is 1. The Morgan fingerprint density at radius 1 is 0.926 bits per heavy atom. The highest BCUT2D eigenvalue weighted by molar-refractivity contribution is 6.29. The summed E-state index contributed by atoms with van der Waals surface area (Å²) >= 11 is 6.25. The van der Waals surface area contributed by atoms with Crippen molar-refractivity contribution in [3.05, 3.63) is 66.6 Å². The lowest BCUT2D eigenvalue weighted by atomic mass is 10.2. The number of hydrogen-bond donors (Lipinski definition) is 0. The van der Waals surface area contributed by atoms with Crippen LogP contribution in [0.2, 0.25) is 5.28 Å². The lowest BCUT2D eigenvalue weighted by Crippen LogP contribution is -2.37. The predicted octanol–water partition coefficient (Wildman–Crippen LogP) is 0.382. The molecule has 0 spiro atoms. The summed E-state index contributed by atoms with van der Waals surface area (Å²) in [6.45, 7) is 0.0549. The van der Waals surface area contributed by atoms with E-state index in [0.717, 1.165) is 4.57 Å². The molecule has 1 aromatic carbocycles. The maximum absolute atomic E-state index is 12.6. The topological polar surface area (TPSA) is 96.7 Å². The Balaban J connectivity index is 2.01. The summed E-state index contributed by atoms with van der Waals surface area (Å²) in [5.41, 5.74) is -0.304. The molecule has 3 aromatic heterocycles. The van der Waals surface area contributed by atoms with Gasteiger partial charge in [0.05, 0.1) is 17.4 Å². The maximum atomic E-state index is 12.6. The number of halogens is 1. The van der Waals surface area contributed by atoms with Crippen LogP contribution in [0, 0.1) is 0 Å². The lowest BCUT2D eigenvalue weighted by Gasteiger charge is -2.11. The van der Waals surface area contributed by atoms with Crippen LogP contribution >= 0.6 is 11.6 Å². The molecule has 0 unspecified atom stereocenters. The Hall–Kier alpha value is -3.20. The van der Waals surface area contributed by atoms with Crippen LogP contribution in [-0.4, -0.2) is 28.2 Å². The Morgan fingerprint density at radius 2 is 1.63 bits per heavy atom. The number of aromatic nitrogens is 6. The molecule has 10 heteroatoms. The van der Waals surface area contributed by atoms with Gasteiger partial charge in [0.15, 0.2) is 11.2 Å². The molecule has 0 radical (unpaired) electrons. The zero-order chi connectivity index (χ0) is 19.5. The lowest BCUT2D eigenvalue weighted by molar-refractivity contribution is 0.671. The molecule has 0 aliphatic heterocycles. The van der Waals surface area contributed by atoms with Crippen molar-refractivity contribution in [2.24, 2.45) is 21.1 Å². The molecule has 0 atom stereocenters. The van der Waals surface area contributed by atoms with Crippen molar-refractivity contribution in [3.8, 4) is 0 Å². The minimum Gasteiger partial charge on any atom is -0.301 e. The van der Waals surface area contributed by atoms with Crippen molar-refractivity contribution in [2.45, 2.75) is 6.54 Å². The number of benzene rings is 1. The van der Waals surface area contributed by atoms with E-state index < -0.39 is 11.2 Å². The Labute approximate surface area is 156 Å². The Kier molecular flexibility index (Phi) is 3.77. The summed E-state index contributed by atoms with van der Waals surface area (Å²) in [6, 6.07) is 7.02. The predicted molar refractivity (Wildman–Crippen MR) is 101 cm³/mol. The molecular weight excluding hydrogens is 372 g/mol. The van der Waals surface area contributed by atoms with E-state index in [-0.39, 0.29) is 28.6 Å². The van der Waals surface area contributed by atoms with Crippen LogP contribution in [0.1, 0.15) is 5.82 Å².